The number of fused-ring (bicyclic) bond motifs is 1. The highest BCUT2D eigenvalue weighted by Crippen LogP contribution is 2.38. The molecule has 0 bridgehead atoms. The summed E-state index contributed by atoms with van der Waals surface area (Å²) in [4.78, 5) is 4.71. The lowest BCUT2D eigenvalue weighted by atomic mass is 10.0. The third-order valence-electron chi connectivity index (χ3n) is 3.80. The lowest BCUT2D eigenvalue weighted by Gasteiger charge is -2.12. The van der Waals surface area contributed by atoms with E-state index < -0.39 is 0 Å². The molecule has 1 aliphatic rings. The molecule has 0 aliphatic heterocycles. The van der Waals surface area contributed by atoms with Crippen LogP contribution in [0, 0.1) is 6.92 Å². The first-order valence-corrected chi connectivity index (χ1v) is 6.35. The molecule has 0 saturated heterocycles. The summed E-state index contributed by atoms with van der Waals surface area (Å²) in [6, 6.07) is 7.95. The van der Waals surface area contributed by atoms with Crippen LogP contribution in [0.25, 0.3) is 10.9 Å². The van der Waals surface area contributed by atoms with E-state index in [1.54, 1.807) is 0 Å². The Hall–Kier alpha value is -1.57. The van der Waals surface area contributed by atoms with Gasteiger partial charge in [-0.15, -0.1) is 0 Å². The second kappa shape index (κ2) is 4.02. The van der Waals surface area contributed by atoms with Crippen LogP contribution >= 0.6 is 0 Å². The van der Waals surface area contributed by atoms with Crippen molar-refractivity contribution in [2.75, 3.05) is 0 Å². The number of pyridine rings is 1. The first-order chi connectivity index (χ1) is 8.25. The topological polar surface area (TPSA) is 33.1 Å². The Balaban J connectivity index is 2.18. The zero-order valence-electron chi connectivity index (χ0n) is 10.1. The van der Waals surface area contributed by atoms with Gasteiger partial charge in [-0.25, -0.2) is 4.98 Å². The standard InChI is InChI=1S/C15H17NO/c1-10-5-4-8-12-9-13(17)15(16-14(10)12)11-6-2-3-7-11/h4-5,8-9,11,17H,2-3,6-7H2,1H3. The Morgan fingerprint density at radius 2 is 2.00 bits per heavy atom. The van der Waals surface area contributed by atoms with E-state index in [0.29, 0.717) is 11.7 Å². The lowest BCUT2D eigenvalue weighted by molar-refractivity contribution is 0.457. The molecule has 0 amide bonds. The highest BCUT2D eigenvalue weighted by atomic mass is 16.3. The average Bonchev–Trinajstić information content (AvgIpc) is 2.82. The lowest BCUT2D eigenvalue weighted by Crippen LogP contribution is -1.98. The molecule has 1 saturated carbocycles. The third-order valence-corrected chi connectivity index (χ3v) is 3.80. The Labute approximate surface area is 101 Å². The minimum Gasteiger partial charge on any atom is -0.506 e. The minimum absolute atomic E-state index is 0.370. The SMILES string of the molecule is Cc1cccc2cc(O)c(C3CCCC3)nc12. The molecule has 1 aromatic heterocycles. The molecule has 0 atom stereocenters. The summed E-state index contributed by atoms with van der Waals surface area (Å²) >= 11 is 0. The van der Waals surface area contributed by atoms with Crippen molar-refractivity contribution in [3.05, 3.63) is 35.5 Å². The number of aryl methyl sites for hydroxylation is 1. The molecule has 2 heteroatoms. The van der Waals surface area contributed by atoms with E-state index in [1.807, 2.05) is 18.2 Å². The van der Waals surface area contributed by atoms with Crippen molar-refractivity contribution in [3.63, 3.8) is 0 Å². The van der Waals surface area contributed by atoms with E-state index in [9.17, 15) is 5.11 Å². The molecule has 2 nitrogen and oxygen atoms in total. The normalized spacial score (nSPS) is 16.8. The maximum Gasteiger partial charge on any atom is 0.138 e. The molecule has 0 spiro atoms. The number of aromatic hydroxyl groups is 1. The molecule has 1 N–H and O–H groups in total. The molecule has 1 fully saturated rings. The van der Waals surface area contributed by atoms with Crippen LogP contribution in [0.1, 0.15) is 42.9 Å². The van der Waals surface area contributed by atoms with E-state index in [2.05, 4.69) is 13.0 Å². The van der Waals surface area contributed by atoms with Gasteiger partial charge in [0.25, 0.3) is 0 Å². The number of aromatic nitrogens is 1. The van der Waals surface area contributed by atoms with Crippen molar-refractivity contribution in [3.8, 4) is 5.75 Å². The van der Waals surface area contributed by atoms with E-state index in [0.717, 1.165) is 29.4 Å². The van der Waals surface area contributed by atoms with Crippen molar-refractivity contribution >= 4 is 10.9 Å². The van der Waals surface area contributed by atoms with Gasteiger partial charge in [-0.05, 0) is 31.4 Å². The maximum atomic E-state index is 10.1. The second-order valence-electron chi connectivity index (χ2n) is 5.02. The van der Waals surface area contributed by atoms with Crippen molar-refractivity contribution < 1.29 is 5.11 Å². The fraction of sp³-hybridized carbons (Fsp3) is 0.400. The molecule has 0 unspecified atom stereocenters. The monoisotopic (exact) mass is 227 g/mol. The van der Waals surface area contributed by atoms with Crippen LogP contribution in [0.2, 0.25) is 0 Å². The first kappa shape index (κ1) is 10.6. The number of hydrogen-bond donors (Lipinski definition) is 1. The van der Waals surface area contributed by atoms with Crippen molar-refractivity contribution in [1.29, 1.82) is 0 Å². The molecule has 1 aromatic carbocycles. The number of rotatable bonds is 1. The van der Waals surface area contributed by atoms with Crippen molar-refractivity contribution in [2.45, 2.75) is 38.5 Å². The molecule has 88 valence electrons. The van der Waals surface area contributed by atoms with Crippen LogP contribution in [-0.4, -0.2) is 10.1 Å². The van der Waals surface area contributed by atoms with Gasteiger partial charge in [0.15, 0.2) is 0 Å². The van der Waals surface area contributed by atoms with Gasteiger partial charge < -0.3 is 5.11 Å². The number of nitrogens with zero attached hydrogens (tertiary/aromatic N) is 1. The summed E-state index contributed by atoms with van der Waals surface area (Å²) < 4.78 is 0. The minimum atomic E-state index is 0.370. The van der Waals surface area contributed by atoms with Gasteiger partial charge in [-0.2, -0.15) is 0 Å². The zero-order chi connectivity index (χ0) is 11.8. The summed E-state index contributed by atoms with van der Waals surface area (Å²) in [5.74, 6) is 0.828. The predicted octanol–water partition coefficient (Wildman–Crippen LogP) is 3.91. The highest BCUT2D eigenvalue weighted by molar-refractivity contribution is 5.83. The molecular weight excluding hydrogens is 210 g/mol. The van der Waals surface area contributed by atoms with Crippen LogP contribution in [-0.2, 0) is 0 Å². The molecular formula is C15H17NO. The Morgan fingerprint density at radius 1 is 1.24 bits per heavy atom. The Kier molecular flexibility index (Phi) is 2.50. The van der Waals surface area contributed by atoms with E-state index >= 15 is 0 Å². The largest absolute Gasteiger partial charge is 0.506 e. The first-order valence-electron chi connectivity index (χ1n) is 6.35. The van der Waals surface area contributed by atoms with E-state index in [4.69, 9.17) is 4.98 Å². The molecule has 0 radical (unpaired) electrons. The van der Waals surface area contributed by atoms with Gasteiger partial charge in [0, 0.05) is 11.3 Å². The van der Waals surface area contributed by atoms with Crippen LogP contribution in [0.3, 0.4) is 0 Å². The van der Waals surface area contributed by atoms with Crippen molar-refractivity contribution in [2.24, 2.45) is 0 Å². The van der Waals surface area contributed by atoms with Crippen LogP contribution in [0.15, 0.2) is 24.3 Å². The van der Waals surface area contributed by atoms with Crippen LogP contribution in [0.4, 0.5) is 0 Å². The number of hydrogen-bond acceptors (Lipinski definition) is 2. The zero-order valence-corrected chi connectivity index (χ0v) is 10.1. The third kappa shape index (κ3) is 1.78. The average molecular weight is 227 g/mol. The fourth-order valence-corrected chi connectivity index (χ4v) is 2.85. The predicted molar refractivity (Wildman–Crippen MR) is 69.4 cm³/mol. The summed E-state index contributed by atoms with van der Waals surface area (Å²) in [6.45, 7) is 2.07. The molecule has 17 heavy (non-hydrogen) atoms. The van der Waals surface area contributed by atoms with Gasteiger partial charge >= 0.3 is 0 Å². The maximum absolute atomic E-state index is 10.1. The summed E-state index contributed by atoms with van der Waals surface area (Å²) in [7, 11) is 0. The summed E-state index contributed by atoms with van der Waals surface area (Å²) in [6.07, 6.45) is 4.85. The molecule has 1 aliphatic carbocycles. The molecule has 3 rings (SSSR count). The summed E-state index contributed by atoms with van der Waals surface area (Å²) in [5, 5.41) is 11.1. The van der Waals surface area contributed by atoms with Crippen LogP contribution in [0.5, 0.6) is 5.75 Å². The van der Waals surface area contributed by atoms with Gasteiger partial charge in [-0.1, -0.05) is 31.0 Å². The molecule has 2 aromatic rings. The van der Waals surface area contributed by atoms with E-state index in [-0.39, 0.29) is 0 Å². The smallest absolute Gasteiger partial charge is 0.138 e. The highest BCUT2D eigenvalue weighted by Gasteiger charge is 2.22. The quantitative estimate of drug-likeness (QED) is 0.801. The van der Waals surface area contributed by atoms with E-state index in [1.165, 1.54) is 18.4 Å². The van der Waals surface area contributed by atoms with Gasteiger partial charge in [-0.3, -0.25) is 0 Å². The van der Waals surface area contributed by atoms with Gasteiger partial charge in [0.05, 0.1) is 11.2 Å². The Morgan fingerprint density at radius 3 is 2.76 bits per heavy atom. The fourth-order valence-electron chi connectivity index (χ4n) is 2.85. The summed E-state index contributed by atoms with van der Waals surface area (Å²) in [5.41, 5.74) is 3.12. The number of para-hydroxylation sites is 1. The van der Waals surface area contributed by atoms with Gasteiger partial charge in [0.1, 0.15) is 5.75 Å². The van der Waals surface area contributed by atoms with Gasteiger partial charge in [0.2, 0.25) is 0 Å². The number of benzene rings is 1. The van der Waals surface area contributed by atoms with Crippen molar-refractivity contribution in [1.82, 2.24) is 4.98 Å². The Bertz CT molecular complexity index is 556. The molecule has 1 heterocycles. The van der Waals surface area contributed by atoms with Crippen LogP contribution < -0.4 is 0 Å². The second-order valence-corrected chi connectivity index (χ2v) is 5.02.